The van der Waals surface area contributed by atoms with Crippen LogP contribution in [0.1, 0.15) is 23.6 Å². The SMILES string of the molecule is CCNC(=O)[C@H](Cc1ccccc1)N(Cc1ccc(F)cc1)C(=O)CN(c1cc([N+](=O)[O-])ccc1C)S(C)(=O)=O. The van der Waals surface area contributed by atoms with Crippen molar-refractivity contribution in [2.24, 2.45) is 0 Å². The highest BCUT2D eigenvalue weighted by Gasteiger charge is 2.33. The third-order valence-corrected chi connectivity index (χ3v) is 7.37. The van der Waals surface area contributed by atoms with Crippen molar-refractivity contribution in [2.75, 3.05) is 23.7 Å². The lowest BCUT2D eigenvalue weighted by Gasteiger charge is -2.33. The fourth-order valence-electron chi connectivity index (χ4n) is 4.21. The van der Waals surface area contributed by atoms with Crippen molar-refractivity contribution < 1.29 is 27.3 Å². The van der Waals surface area contributed by atoms with Gasteiger partial charge in [-0.15, -0.1) is 0 Å². The molecule has 40 heavy (non-hydrogen) atoms. The molecule has 2 amide bonds. The summed E-state index contributed by atoms with van der Waals surface area (Å²) in [5.41, 5.74) is 1.33. The number of carbonyl (C=O) groups is 2. The van der Waals surface area contributed by atoms with Crippen LogP contribution in [0, 0.1) is 22.9 Å². The normalized spacial score (nSPS) is 11.9. The van der Waals surface area contributed by atoms with Crippen LogP contribution in [-0.4, -0.2) is 55.4 Å². The van der Waals surface area contributed by atoms with E-state index >= 15 is 0 Å². The maximum atomic E-state index is 13.9. The minimum absolute atomic E-state index is 0.0237. The Bertz CT molecular complexity index is 1470. The van der Waals surface area contributed by atoms with Crippen molar-refractivity contribution in [1.29, 1.82) is 0 Å². The summed E-state index contributed by atoms with van der Waals surface area (Å²) < 4.78 is 40.2. The minimum Gasteiger partial charge on any atom is -0.355 e. The van der Waals surface area contributed by atoms with Crippen LogP contribution < -0.4 is 9.62 Å². The van der Waals surface area contributed by atoms with E-state index in [9.17, 15) is 32.5 Å². The van der Waals surface area contributed by atoms with Gasteiger partial charge in [-0.2, -0.15) is 0 Å². The third kappa shape index (κ3) is 7.85. The number of sulfonamides is 1. The van der Waals surface area contributed by atoms with Crippen molar-refractivity contribution >= 4 is 33.2 Å². The Balaban J connectivity index is 2.08. The Hall–Kier alpha value is -4.32. The second-order valence-electron chi connectivity index (χ2n) is 9.25. The van der Waals surface area contributed by atoms with E-state index in [1.165, 1.54) is 41.3 Å². The van der Waals surface area contributed by atoms with Crippen LogP contribution in [-0.2, 0) is 32.6 Å². The Morgan fingerprint density at radius 2 is 1.68 bits per heavy atom. The summed E-state index contributed by atoms with van der Waals surface area (Å²) in [6.07, 6.45) is 1.03. The third-order valence-electron chi connectivity index (χ3n) is 6.24. The summed E-state index contributed by atoms with van der Waals surface area (Å²) >= 11 is 0. The van der Waals surface area contributed by atoms with Gasteiger partial charge in [-0.25, -0.2) is 12.8 Å². The van der Waals surface area contributed by atoms with Crippen LogP contribution in [0.2, 0.25) is 0 Å². The fourth-order valence-corrected chi connectivity index (χ4v) is 5.11. The molecule has 0 radical (unpaired) electrons. The molecule has 0 unspecified atom stereocenters. The molecule has 3 aromatic rings. The molecule has 0 bridgehead atoms. The van der Waals surface area contributed by atoms with E-state index < -0.39 is 45.2 Å². The smallest absolute Gasteiger partial charge is 0.271 e. The van der Waals surface area contributed by atoms with Crippen molar-refractivity contribution in [2.45, 2.75) is 32.9 Å². The number of hydrogen-bond donors (Lipinski definition) is 1. The van der Waals surface area contributed by atoms with Crippen LogP contribution in [0.25, 0.3) is 0 Å². The Morgan fingerprint density at radius 1 is 1.02 bits per heavy atom. The summed E-state index contributed by atoms with van der Waals surface area (Å²) in [6, 6.07) is 17.1. The molecule has 212 valence electrons. The zero-order valence-corrected chi connectivity index (χ0v) is 23.2. The maximum Gasteiger partial charge on any atom is 0.271 e. The van der Waals surface area contributed by atoms with Gasteiger partial charge < -0.3 is 10.2 Å². The van der Waals surface area contributed by atoms with Crippen LogP contribution >= 0.6 is 0 Å². The molecule has 0 aliphatic carbocycles. The quantitative estimate of drug-likeness (QED) is 0.262. The molecule has 10 nitrogen and oxygen atoms in total. The average Bonchev–Trinajstić information content (AvgIpc) is 2.90. The molecule has 0 aliphatic rings. The number of aryl methyl sites for hydroxylation is 1. The largest absolute Gasteiger partial charge is 0.355 e. The minimum atomic E-state index is -4.09. The predicted molar refractivity (Wildman–Crippen MR) is 150 cm³/mol. The molecule has 0 aromatic heterocycles. The summed E-state index contributed by atoms with van der Waals surface area (Å²) in [4.78, 5) is 39.2. The van der Waals surface area contributed by atoms with Crippen molar-refractivity contribution in [1.82, 2.24) is 10.2 Å². The zero-order chi connectivity index (χ0) is 29.4. The molecule has 0 heterocycles. The molecule has 3 aromatic carbocycles. The first-order valence-electron chi connectivity index (χ1n) is 12.5. The molecule has 12 heteroatoms. The number of rotatable bonds is 12. The van der Waals surface area contributed by atoms with Gasteiger partial charge in [0.15, 0.2) is 0 Å². The molecule has 0 saturated heterocycles. The summed E-state index contributed by atoms with van der Waals surface area (Å²) in [5, 5.41) is 14.1. The molecule has 1 N–H and O–H groups in total. The molecule has 1 atom stereocenters. The van der Waals surface area contributed by atoms with E-state index in [4.69, 9.17) is 0 Å². The first-order valence-corrected chi connectivity index (χ1v) is 14.3. The van der Waals surface area contributed by atoms with Crippen LogP contribution in [0.3, 0.4) is 0 Å². The molecule has 0 aliphatic heterocycles. The van der Waals surface area contributed by atoms with Gasteiger partial charge in [0, 0.05) is 31.6 Å². The van der Waals surface area contributed by atoms with Crippen LogP contribution in [0.5, 0.6) is 0 Å². The number of carbonyl (C=O) groups excluding carboxylic acids is 2. The zero-order valence-electron chi connectivity index (χ0n) is 22.4. The van der Waals surface area contributed by atoms with Gasteiger partial charge in [-0.3, -0.25) is 24.0 Å². The molecule has 0 saturated carbocycles. The second kappa shape index (κ2) is 13.2. The molecular formula is C28H31FN4O6S. The van der Waals surface area contributed by atoms with E-state index in [-0.39, 0.29) is 24.3 Å². The van der Waals surface area contributed by atoms with E-state index in [0.29, 0.717) is 17.7 Å². The van der Waals surface area contributed by atoms with Crippen molar-refractivity contribution in [3.8, 4) is 0 Å². The molecule has 0 spiro atoms. The highest BCUT2D eigenvalue weighted by molar-refractivity contribution is 7.92. The van der Waals surface area contributed by atoms with E-state index in [1.807, 2.05) is 18.2 Å². The van der Waals surface area contributed by atoms with Gasteiger partial charge in [0.25, 0.3) is 5.69 Å². The van der Waals surface area contributed by atoms with Crippen LogP contribution in [0.4, 0.5) is 15.8 Å². The number of nitrogens with one attached hydrogen (secondary N) is 1. The highest BCUT2D eigenvalue weighted by Crippen LogP contribution is 2.28. The van der Waals surface area contributed by atoms with E-state index in [0.717, 1.165) is 22.2 Å². The highest BCUT2D eigenvalue weighted by atomic mass is 32.2. The number of non-ortho nitro benzene ring substituents is 1. The number of likely N-dealkylation sites (N-methyl/N-ethyl adjacent to an activating group) is 1. The topological polar surface area (TPSA) is 130 Å². The first-order chi connectivity index (χ1) is 18.9. The lowest BCUT2D eigenvalue weighted by molar-refractivity contribution is -0.384. The van der Waals surface area contributed by atoms with Crippen molar-refractivity contribution in [3.63, 3.8) is 0 Å². The van der Waals surface area contributed by atoms with Gasteiger partial charge in [0.2, 0.25) is 21.8 Å². The summed E-state index contributed by atoms with van der Waals surface area (Å²) in [5.74, 6) is -1.64. The molecule has 3 rings (SSSR count). The second-order valence-corrected chi connectivity index (χ2v) is 11.2. The van der Waals surface area contributed by atoms with E-state index in [1.54, 1.807) is 26.0 Å². The number of nitro groups is 1. The number of nitrogens with zero attached hydrogens (tertiary/aromatic N) is 3. The number of hydrogen-bond acceptors (Lipinski definition) is 6. The summed E-state index contributed by atoms with van der Waals surface area (Å²) in [6.45, 7) is 2.78. The first kappa shape index (κ1) is 30.2. The van der Waals surface area contributed by atoms with Crippen molar-refractivity contribution in [3.05, 3.63) is 105 Å². The molecule has 0 fully saturated rings. The number of nitro benzene ring substituents is 1. The lowest BCUT2D eigenvalue weighted by Crippen LogP contribution is -2.53. The van der Waals surface area contributed by atoms with Gasteiger partial charge in [-0.1, -0.05) is 48.5 Å². The van der Waals surface area contributed by atoms with Gasteiger partial charge >= 0.3 is 0 Å². The number of halogens is 1. The van der Waals surface area contributed by atoms with Crippen LogP contribution in [0.15, 0.2) is 72.8 Å². The monoisotopic (exact) mass is 570 g/mol. The average molecular weight is 571 g/mol. The summed E-state index contributed by atoms with van der Waals surface area (Å²) in [7, 11) is -4.09. The number of amides is 2. The number of benzene rings is 3. The van der Waals surface area contributed by atoms with Gasteiger partial charge in [0.05, 0.1) is 16.9 Å². The fraction of sp³-hybridized carbons (Fsp3) is 0.286. The molecular weight excluding hydrogens is 539 g/mol. The Kier molecular flexibility index (Phi) is 9.94. The predicted octanol–water partition coefficient (Wildman–Crippen LogP) is 3.58. The Labute approximate surface area is 232 Å². The van der Waals surface area contributed by atoms with Gasteiger partial charge in [-0.05, 0) is 42.7 Å². The Morgan fingerprint density at radius 3 is 2.25 bits per heavy atom. The van der Waals surface area contributed by atoms with E-state index in [2.05, 4.69) is 5.32 Å². The standard InChI is InChI=1S/C28H31FN4O6S/c1-4-30-28(35)26(16-21-8-6-5-7-9-21)31(18-22-11-13-23(29)14-12-22)27(34)19-32(40(3,38)39)25-17-24(33(36)37)15-10-20(25)2/h5-15,17,26H,4,16,18-19H2,1-3H3,(H,30,35)/t26-/m0/s1. The number of anilines is 1. The van der Waals surface area contributed by atoms with Gasteiger partial charge in [0.1, 0.15) is 18.4 Å². The maximum absolute atomic E-state index is 13.9. The lowest BCUT2D eigenvalue weighted by atomic mass is 10.0.